The summed E-state index contributed by atoms with van der Waals surface area (Å²) in [5, 5.41) is 0. The molecule has 22 heavy (non-hydrogen) atoms. The summed E-state index contributed by atoms with van der Waals surface area (Å²) in [6.07, 6.45) is 9.69. The summed E-state index contributed by atoms with van der Waals surface area (Å²) in [5.74, 6) is -1.44. The van der Waals surface area contributed by atoms with Crippen molar-refractivity contribution in [3.63, 3.8) is 0 Å². The van der Waals surface area contributed by atoms with Crippen LogP contribution >= 0.6 is 7.26 Å². The monoisotopic (exact) mass is 354 g/mol. The Kier molecular flexibility index (Phi) is 14.1. The molecule has 7 heteroatoms. The fourth-order valence-corrected chi connectivity index (χ4v) is 5.51. The standard InChI is InChI=1S/C10H24P.C5H8O5S/c1-5-9-10-11(6-2,7-3)8-4;1-2-5(6)10-3-4-11(7,8)9/h5-10H2,1-4H3;2H,1,3-4H2,(H,7,8,9)/q+1;/p-1. The average molecular weight is 354 g/mol. The molecule has 132 valence electrons. The largest absolute Gasteiger partial charge is 0.748 e. The van der Waals surface area contributed by atoms with Crippen LogP contribution in [0.15, 0.2) is 12.7 Å². The molecule has 5 nitrogen and oxygen atoms in total. The first-order valence-corrected chi connectivity index (χ1v) is 11.9. The van der Waals surface area contributed by atoms with E-state index in [1.807, 2.05) is 0 Å². The molecule has 0 aromatic heterocycles. The first-order valence-electron chi connectivity index (χ1n) is 7.78. The van der Waals surface area contributed by atoms with Gasteiger partial charge in [0.05, 0.1) is 40.5 Å². The van der Waals surface area contributed by atoms with Crippen molar-refractivity contribution in [2.24, 2.45) is 0 Å². The van der Waals surface area contributed by atoms with Gasteiger partial charge < -0.3 is 9.29 Å². The molecule has 0 aromatic carbocycles. The van der Waals surface area contributed by atoms with E-state index in [1.54, 1.807) is 6.16 Å². The third-order valence-electron chi connectivity index (χ3n) is 3.74. The van der Waals surface area contributed by atoms with Crippen molar-refractivity contribution in [2.45, 2.75) is 40.5 Å². The molecule has 0 saturated carbocycles. The lowest BCUT2D eigenvalue weighted by molar-refractivity contribution is -0.137. The van der Waals surface area contributed by atoms with Gasteiger partial charge in [-0.2, -0.15) is 0 Å². The molecule has 0 aliphatic carbocycles. The van der Waals surface area contributed by atoms with Crippen molar-refractivity contribution in [1.82, 2.24) is 0 Å². The first-order chi connectivity index (χ1) is 10.2. The highest BCUT2D eigenvalue weighted by molar-refractivity contribution is 7.85. The minimum Gasteiger partial charge on any atom is -0.748 e. The van der Waals surface area contributed by atoms with E-state index in [-0.39, 0.29) is 0 Å². The molecule has 0 unspecified atom stereocenters. The van der Waals surface area contributed by atoms with Gasteiger partial charge >= 0.3 is 5.97 Å². The molecule has 0 N–H and O–H groups in total. The van der Waals surface area contributed by atoms with Crippen molar-refractivity contribution in [3.8, 4) is 0 Å². The molecule has 0 rings (SSSR count). The third kappa shape index (κ3) is 13.2. The molecule has 0 aliphatic heterocycles. The summed E-state index contributed by atoms with van der Waals surface area (Å²) in [5.41, 5.74) is 0. The molecule has 0 fully saturated rings. The maximum Gasteiger partial charge on any atom is 0.330 e. The highest BCUT2D eigenvalue weighted by Gasteiger charge is 2.29. The van der Waals surface area contributed by atoms with Gasteiger partial charge in [-0.15, -0.1) is 0 Å². The predicted octanol–water partition coefficient (Wildman–Crippen LogP) is 3.12. The van der Waals surface area contributed by atoms with Crippen molar-refractivity contribution >= 4 is 23.3 Å². The molecule has 0 heterocycles. The van der Waals surface area contributed by atoms with Crippen LogP contribution in [0.3, 0.4) is 0 Å². The average Bonchev–Trinajstić information content (AvgIpc) is 2.48. The Morgan fingerprint density at radius 1 is 1.18 bits per heavy atom. The van der Waals surface area contributed by atoms with Gasteiger partial charge in [0.2, 0.25) is 0 Å². The second kappa shape index (κ2) is 13.0. The van der Waals surface area contributed by atoms with Gasteiger partial charge in [0.15, 0.2) is 0 Å². The topological polar surface area (TPSA) is 83.5 Å². The Bertz CT molecular complexity index is 394. The molecule has 0 radical (unpaired) electrons. The fourth-order valence-electron chi connectivity index (χ4n) is 1.94. The number of unbranched alkanes of at least 4 members (excludes halogenated alkanes) is 1. The van der Waals surface area contributed by atoms with Crippen LogP contribution in [0.2, 0.25) is 0 Å². The zero-order valence-electron chi connectivity index (χ0n) is 14.3. The summed E-state index contributed by atoms with van der Waals surface area (Å²) in [4.78, 5) is 10.3. The molecular formula is C15H31O5PS. The quantitative estimate of drug-likeness (QED) is 0.260. The highest BCUT2D eigenvalue weighted by atomic mass is 32.2. The van der Waals surface area contributed by atoms with Crippen LogP contribution in [0, 0.1) is 0 Å². The third-order valence-corrected chi connectivity index (χ3v) is 9.70. The maximum absolute atomic E-state index is 10.3. The lowest BCUT2D eigenvalue weighted by Gasteiger charge is -2.23. The fraction of sp³-hybridized carbons (Fsp3) is 0.800. The normalized spacial score (nSPS) is 11.3. The number of esters is 1. The van der Waals surface area contributed by atoms with Crippen LogP contribution in [-0.4, -0.2) is 55.9 Å². The Labute approximate surface area is 136 Å². The van der Waals surface area contributed by atoms with Gasteiger partial charge in [-0.1, -0.05) is 19.9 Å². The minimum absolute atomic E-state index is 0.420. The van der Waals surface area contributed by atoms with Gasteiger partial charge in [0.25, 0.3) is 0 Å². The lowest BCUT2D eigenvalue weighted by atomic mass is 10.4. The van der Waals surface area contributed by atoms with Crippen molar-refractivity contribution in [2.75, 3.05) is 37.0 Å². The number of rotatable bonds is 10. The van der Waals surface area contributed by atoms with Crippen LogP contribution in [0.5, 0.6) is 0 Å². The van der Waals surface area contributed by atoms with Gasteiger partial charge in [-0.3, -0.25) is 0 Å². The van der Waals surface area contributed by atoms with E-state index in [0.29, 0.717) is 0 Å². The minimum atomic E-state index is -4.29. The van der Waals surface area contributed by atoms with E-state index >= 15 is 0 Å². The molecule has 0 bridgehead atoms. The summed E-state index contributed by atoms with van der Waals surface area (Å²) >= 11 is 0. The van der Waals surface area contributed by atoms with Crippen molar-refractivity contribution < 1.29 is 22.5 Å². The van der Waals surface area contributed by atoms with E-state index in [1.165, 1.54) is 31.3 Å². The van der Waals surface area contributed by atoms with Crippen LogP contribution in [0.25, 0.3) is 0 Å². The van der Waals surface area contributed by atoms with Gasteiger partial charge in [0, 0.05) is 13.3 Å². The van der Waals surface area contributed by atoms with Gasteiger partial charge in [0.1, 0.15) is 6.61 Å². The number of hydrogen-bond acceptors (Lipinski definition) is 5. The summed E-state index contributed by atoms with van der Waals surface area (Å²) in [7, 11) is -4.74. The Morgan fingerprint density at radius 3 is 2.00 bits per heavy atom. The maximum atomic E-state index is 10.3. The zero-order chi connectivity index (χ0) is 17.6. The molecule has 0 amide bonds. The smallest absolute Gasteiger partial charge is 0.330 e. The number of ether oxygens (including phenoxy) is 1. The van der Waals surface area contributed by atoms with Crippen molar-refractivity contribution in [3.05, 3.63) is 12.7 Å². The molecule has 0 aromatic rings. The number of carbonyl (C=O) groups excluding carboxylic acids is 1. The summed E-state index contributed by atoms with van der Waals surface area (Å²) < 4.78 is 34.0. The second-order valence-electron chi connectivity index (χ2n) is 5.00. The molecule has 0 saturated heterocycles. The molecule has 0 spiro atoms. The second-order valence-corrected chi connectivity index (χ2v) is 11.6. The highest BCUT2D eigenvalue weighted by Crippen LogP contribution is 2.58. The Balaban J connectivity index is 0. The first kappa shape index (κ1) is 23.8. The van der Waals surface area contributed by atoms with Gasteiger partial charge in [-0.05, 0) is 27.2 Å². The lowest BCUT2D eigenvalue weighted by Crippen LogP contribution is -2.13. The molecule has 0 atom stereocenters. The van der Waals surface area contributed by atoms with E-state index in [4.69, 9.17) is 0 Å². The van der Waals surface area contributed by atoms with Crippen LogP contribution < -0.4 is 0 Å². The predicted molar refractivity (Wildman–Crippen MR) is 94.0 cm³/mol. The van der Waals surface area contributed by atoms with E-state index < -0.39 is 35.7 Å². The number of carbonyl (C=O) groups is 1. The molecular weight excluding hydrogens is 323 g/mol. The van der Waals surface area contributed by atoms with E-state index in [9.17, 15) is 17.8 Å². The van der Waals surface area contributed by atoms with Crippen LogP contribution in [0.1, 0.15) is 40.5 Å². The summed E-state index contributed by atoms with van der Waals surface area (Å²) in [6.45, 7) is 12.1. The Hall–Kier alpha value is -0.450. The SMILES string of the molecule is C=CC(=O)OCCS(=O)(=O)[O-].CCCC[P+](CC)(CC)CC. The zero-order valence-corrected chi connectivity index (χ0v) is 16.0. The van der Waals surface area contributed by atoms with Crippen LogP contribution in [-0.2, 0) is 19.6 Å². The molecule has 0 aliphatic rings. The van der Waals surface area contributed by atoms with Gasteiger partial charge in [-0.25, -0.2) is 13.2 Å². The Morgan fingerprint density at radius 2 is 1.68 bits per heavy atom. The van der Waals surface area contributed by atoms with Crippen LogP contribution in [0.4, 0.5) is 0 Å². The van der Waals surface area contributed by atoms with Crippen molar-refractivity contribution in [1.29, 1.82) is 0 Å². The van der Waals surface area contributed by atoms with E-state index in [2.05, 4.69) is 39.0 Å². The summed E-state index contributed by atoms with van der Waals surface area (Å²) in [6, 6.07) is 0. The van der Waals surface area contributed by atoms with E-state index in [0.717, 1.165) is 6.08 Å². The number of hydrogen-bond donors (Lipinski definition) is 0.